The Labute approximate surface area is 152 Å². The average Bonchev–Trinajstić information content (AvgIpc) is 2.92. The summed E-state index contributed by atoms with van der Waals surface area (Å²) in [5.74, 6) is 0.858. The van der Waals surface area contributed by atoms with Crippen molar-refractivity contribution in [1.29, 1.82) is 0 Å². The molecule has 2 unspecified atom stereocenters. The van der Waals surface area contributed by atoms with Gasteiger partial charge in [0.25, 0.3) is 5.91 Å². The topological polar surface area (TPSA) is 61.4 Å². The lowest BCUT2D eigenvalue weighted by Gasteiger charge is -2.34. The molecule has 2 aliphatic rings. The van der Waals surface area contributed by atoms with Gasteiger partial charge in [-0.1, -0.05) is 32.9 Å². The first kappa shape index (κ1) is 16.5. The van der Waals surface area contributed by atoms with Crippen LogP contribution in [0.15, 0.2) is 24.3 Å². The van der Waals surface area contributed by atoms with Crippen LogP contribution in [0.5, 0.6) is 5.75 Å². The number of thiophene rings is 1. The first-order chi connectivity index (χ1) is 11.8. The number of amides is 1. The number of phenolic OH excluding ortho intramolecular Hbond substituents is 1. The largest absolute Gasteiger partial charge is 0.508 e. The van der Waals surface area contributed by atoms with Crippen LogP contribution < -0.4 is 10.6 Å². The molecule has 0 spiro atoms. The maximum Gasteiger partial charge on any atom is 0.256 e. The van der Waals surface area contributed by atoms with Crippen LogP contribution >= 0.6 is 11.3 Å². The predicted molar refractivity (Wildman–Crippen MR) is 101 cm³/mol. The third kappa shape index (κ3) is 2.91. The van der Waals surface area contributed by atoms with E-state index >= 15 is 0 Å². The number of carbonyl (C=O) groups excluding carboxylic acids is 1. The molecule has 2 aromatic rings. The van der Waals surface area contributed by atoms with E-state index in [0.717, 1.165) is 35.4 Å². The van der Waals surface area contributed by atoms with Gasteiger partial charge in [-0.15, -0.1) is 11.3 Å². The molecule has 1 aromatic carbocycles. The lowest BCUT2D eigenvalue weighted by atomic mass is 9.72. The van der Waals surface area contributed by atoms with E-state index in [-0.39, 0.29) is 17.8 Å². The van der Waals surface area contributed by atoms with Gasteiger partial charge in [-0.2, -0.15) is 0 Å². The van der Waals surface area contributed by atoms with Crippen molar-refractivity contribution in [3.05, 3.63) is 45.8 Å². The second kappa shape index (κ2) is 5.77. The monoisotopic (exact) mass is 356 g/mol. The number of phenols is 1. The van der Waals surface area contributed by atoms with Crippen LogP contribution in [0.3, 0.4) is 0 Å². The molecule has 1 aliphatic heterocycles. The van der Waals surface area contributed by atoms with E-state index in [1.54, 1.807) is 29.5 Å². The first-order valence-electron chi connectivity index (χ1n) is 8.84. The summed E-state index contributed by atoms with van der Waals surface area (Å²) in [6, 6.07) is 7.02. The van der Waals surface area contributed by atoms with Gasteiger partial charge >= 0.3 is 0 Å². The molecule has 3 N–H and O–H groups in total. The number of benzene rings is 1. The summed E-state index contributed by atoms with van der Waals surface area (Å²) in [4.78, 5) is 14.1. The van der Waals surface area contributed by atoms with Crippen LogP contribution in [0, 0.1) is 11.3 Å². The van der Waals surface area contributed by atoms with Gasteiger partial charge < -0.3 is 15.7 Å². The van der Waals surface area contributed by atoms with Crippen molar-refractivity contribution in [2.75, 3.05) is 5.32 Å². The van der Waals surface area contributed by atoms with E-state index in [1.807, 2.05) is 6.07 Å². The Hall–Kier alpha value is -2.01. The molecule has 4 nitrogen and oxygen atoms in total. The highest BCUT2D eigenvalue weighted by atomic mass is 32.1. The van der Waals surface area contributed by atoms with Gasteiger partial charge in [-0.05, 0) is 53.9 Å². The minimum atomic E-state index is -0.300. The van der Waals surface area contributed by atoms with Gasteiger partial charge in [0.05, 0.1) is 5.56 Å². The zero-order chi connectivity index (χ0) is 17.8. The molecule has 2 heterocycles. The Bertz CT molecular complexity index is 835. The van der Waals surface area contributed by atoms with Crippen molar-refractivity contribution in [3.63, 3.8) is 0 Å². The maximum atomic E-state index is 12.8. The van der Waals surface area contributed by atoms with Crippen molar-refractivity contribution in [2.45, 2.75) is 46.2 Å². The SMILES string of the molecule is CC(C)(C)C1CCc2c(sc3c2C(=O)NC(c2cccc(O)c2)N3)C1. The number of nitrogens with one attached hydrogen (secondary N) is 2. The first-order valence-corrected chi connectivity index (χ1v) is 9.65. The lowest BCUT2D eigenvalue weighted by Crippen LogP contribution is -2.38. The fourth-order valence-electron chi connectivity index (χ4n) is 3.91. The Morgan fingerprint density at radius 3 is 2.76 bits per heavy atom. The molecule has 1 amide bonds. The normalized spacial score (nSPS) is 22.6. The summed E-state index contributed by atoms with van der Waals surface area (Å²) >= 11 is 1.73. The van der Waals surface area contributed by atoms with Gasteiger partial charge in [-0.25, -0.2) is 0 Å². The smallest absolute Gasteiger partial charge is 0.256 e. The van der Waals surface area contributed by atoms with Crippen LogP contribution in [-0.4, -0.2) is 11.0 Å². The summed E-state index contributed by atoms with van der Waals surface area (Å²) in [6.45, 7) is 6.91. The van der Waals surface area contributed by atoms with E-state index in [9.17, 15) is 9.90 Å². The third-order valence-electron chi connectivity index (χ3n) is 5.47. The van der Waals surface area contributed by atoms with Crippen LogP contribution in [0.25, 0.3) is 0 Å². The summed E-state index contributed by atoms with van der Waals surface area (Å²) in [7, 11) is 0. The number of aromatic hydroxyl groups is 1. The standard InChI is InChI=1S/C20H24N2O2S/c1-20(2,3)12-7-8-14-15(10-12)25-19-16(14)18(24)21-17(22-19)11-5-4-6-13(23)9-11/h4-6,9,12,17,22-23H,7-8,10H2,1-3H3,(H,21,24). The van der Waals surface area contributed by atoms with E-state index in [2.05, 4.69) is 31.4 Å². The molecule has 0 saturated carbocycles. The maximum absolute atomic E-state index is 12.8. The Kier molecular flexibility index (Phi) is 3.80. The average molecular weight is 356 g/mol. The zero-order valence-corrected chi connectivity index (χ0v) is 15.7. The van der Waals surface area contributed by atoms with E-state index in [4.69, 9.17) is 0 Å². The molecule has 5 heteroatoms. The van der Waals surface area contributed by atoms with Gasteiger partial charge in [-0.3, -0.25) is 4.79 Å². The third-order valence-corrected chi connectivity index (χ3v) is 6.66. The molecule has 132 valence electrons. The molecule has 4 rings (SSSR count). The van der Waals surface area contributed by atoms with Crippen LogP contribution in [0.2, 0.25) is 0 Å². The minimum Gasteiger partial charge on any atom is -0.508 e. The van der Waals surface area contributed by atoms with E-state index < -0.39 is 0 Å². The zero-order valence-electron chi connectivity index (χ0n) is 14.8. The molecule has 0 bridgehead atoms. The second-order valence-electron chi connectivity index (χ2n) is 8.16. The van der Waals surface area contributed by atoms with Crippen molar-refractivity contribution < 1.29 is 9.90 Å². The highest BCUT2D eigenvalue weighted by molar-refractivity contribution is 7.16. The number of rotatable bonds is 1. The number of fused-ring (bicyclic) bond motifs is 3. The van der Waals surface area contributed by atoms with Crippen LogP contribution in [-0.2, 0) is 12.8 Å². The molecule has 0 radical (unpaired) electrons. The fraction of sp³-hybridized carbons (Fsp3) is 0.450. The summed E-state index contributed by atoms with van der Waals surface area (Å²) in [5, 5.41) is 17.2. The van der Waals surface area contributed by atoms with Crippen LogP contribution in [0.1, 0.15) is 59.7 Å². The molecular formula is C20H24N2O2S. The van der Waals surface area contributed by atoms with Gasteiger partial charge in [0.15, 0.2) is 0 Å². The van der Waals surface area contributed by atoms with Gasteiger partial charge in [0.2, 0.25) is 0 Å². The van der Waals surface area contributed by atoms with Crippen molar-refractivity contribution in [1.82, 2.24) is 5.32 Å². The molecule has 25 heavy (non-hydrogen) atoms. The van der Waals surface area contributed by atoms with Crippen LogP contribution in [0.4, 0.5) is 5.00 Å². The molecular weight excluding hydrogens is 332 g/mol. The Balaban J connectivity index is 1.66. The number of carbonyl (C=O) groups is 1. The summed E-state index contributed by atoms with van der Waals surface area (Å²) in [5.41, 5.74) is 3.23. The fourth-order valence-corrected chi connectivity index (χ4v) is 5.26. The molecule has 1 aromatic heterocycles. The predicted octanol–water partition coefficient (Wildman–Crippen LogP) is 4.46. The lowest BCUT2D eigenvalue weighted by molar-refractivity contribution is 0.0934. The van der Waals surface area contributed by atoms with Gasteiger partial charge in [0.1, 0.15) is 16.9 Å². The summed E-state index contributed by atoms with van der Waals surface area (Å²) in [6.07, 6.45) is 2.88. The molecule has 0 saturated heterocycles. The highest BCUT2D eigenvalue weighted by Gasteiger charge is 2.36. The molecule has 2 atom stereocenters. The summed E-state index contributed by atoms with van der Waals surface area (Å²) < 4.78 is 0. The quantitative estimate of drug-likeness (QED) is 0.707. The molecule has 1 aliphatic carbocycles. The van der Waals surface area contributed by atoms with Gasteiger partial charge in [0, 0.05) is 4.88 Å². The Morgan fingerprint density at radius 2 is 2.04 bits per heavy atom. The molecule has 0 fully saturated rings. The van der Waals surface area contributed by atoms with E-state index in [1.165, 1.54) is 10.4 Å². The minimum absolute atomic E-state index is 0.00574. The number of anilines is 1. The van der Waals surface area contributed by atoms with Crippen molar-refractivity contribution >= 4 is 22.2 Å². The Morgan fingerprint density at radius 1 is 1.24 bits per heavy atom. The number of hydrogen-bond donors (Lipinski definition) is 3. The number of hydrogen-bond acceptors (Lipinski definition) is 4. The van der Waals surface area contributed by atoms with Crippen molar-refractivity contribution in [2.24, 2.45) is 11.3 Å². The highest BCUT2D eigenvalue weighted by Crippen LogP contribution is 2.46. The van der Waals surface area contributed by atoms with Crippen molar-refractivity contribution in [3.8, 4) is 5.75 Å². The van der Waals surface area contributed by atoms with E-state index in [0.29, 0.717) is 11.3 Å². The second-order valence-corrected chi connectivity index (χ2v) is 9.26.